The SMILES string of the molecule is CCCCCCCCCCCCC/C=C/[C@@H](O)C(CO)NC(=O)CCCCC.CCCCCCCCCCCCC/C=C/[C@@H](O)[C@@H](N)CO. The van der Waals surface area contributed by atoms with Gasteiger partial charge in [0.1, 0.15) is 0 Å². The Balaban J connectivity index is 0. The van der Waals surface area contributed by atoms with E-state index in [-0.39, 0.29) is 19.1 Å². The molecule has 4 atom stereocenters. The van der Waals surface area contributed by atoms with Crippen molar-refractivity contribution < 1.29 is 25.2 Å². The van der Waals surface area contributed by atoms with Crippen molar-refractivity contribution in [3.63, 3.8) is 0 Å². The minimum absolute atomic E-state index is 0.0923. The van der Waals surface area contributed by atoms with Crippen LogP contribution in [0.2, 0.25) is 0 Å². The van der Waals surface area contributed by atoms with Crippen LogP contribution in [-0.4, -0.2) is 63.8 Å². The molecule has 0 bridgehead atoms. The lowest BCUT2D eigenvalue weighted by Crippen LogP contribution is -2.45. The van der Waals surface area contributed by atoms with Gasteiger partial charge in [-0.25, -0.2) is 0 Å². The van der Waals surface area contributed by atoms with E-state index in [2.05, 4.69) is 26.1 Å². The van der Waals surface area contributed by atoms with Crippen LogP contribution in [0.1, 0.15) is 201 Å². The average Bonchev–Trinajstić information content (AvgIpc) is 3.11. The van der Waals surface area contributed by atoms with Crippen molar-refractivity contribution in [2.24, 2.45) is 5.73 Å². The second-order valence-corrected chi connectivity index (χ2v) is 14.1. The summed E-state index contributed by atoms with van der Waals surface area (Å²) in [5, 5.41) is 40.6. The zero-order valence-electron chi connectivity index (χ0n) is 32.6. The van der Waals surface area contributed by atoms with E-state index in [0.717, 1.165) is 38.5 Å². The van der Waals surface area contributed by atoms with Crippen molar-refractivity contribution in [3.05, 3.63) is 24.3 Å². The molecule has 7 nitrogen and oxygen atoms in total. The van der Waals surface area contributed by atoms with E-state index >= 15 is 0 Å². The number of nitrogens with one attached hydrogen (secondary N) is 1. The number of aliphatic hydroxyl groups excluding tert-OH is 4. The Bertz CT molecular complexity index is 717. The van der Waals surface area contributed by atoms with Gasteiger partial charge in [-0.1, -0.05) is 186 Å². The lowest BCUT2D eigenvalue weighted by molar-refractivity contribution is -0.123. The van der Waals surface area contributed by atoms with Crippen LogP contribution in [0, 0.1) is 0 Å². The highest BCUT2D eigenvalue weighted by atomic mass is 16.3. The zero-order valence-corrected chi connectivity index (χ0v) is 32.6. The molecule has 0 aromatic carbocycles. The van der Waals surface area contributed by atoms with E-state index in [1.54, 1.807) is 12.2 Å². The molecule has 0 aliphatic heterocycles. The molecule has 0 radical (unpaired) electrons. The smallest absolute Gasteiger partial charge is 0.220 e. The van der Waals surface area contributed by atoms with E-state index in [0.29, 0.717) is 6.42 Å². The maximum absolute atomic E-state index is 11.8. The summed E-state index contributed by atoms with van der Waals surface area (Å²) in [5.74, 6) is -0.0923. The quantitative estimate of drug-likeness (QED) is 0.0289. The van der Waals surface area contributed by atoms with Crippen molar-refractivity contribution in [3.8, 4) is 0 Å². The maximum atomic E-state index is 11.8. The molecule has 1 unspecified atom stereocenters. The van der Waals surface area contributed by atoms with Gasteiger partial charge >= 0.3 is 0 Å². The fourth-order valence-electron chi connectivity index (χ4n) is 5.76. The second kappa shape index (κ2) is 41.2. The first-order valence-corrected chi connectivity index (χ1v) is 20.8. The molecule has 0 aromatic rings. The standard InChI is InChI=1S/C24H47NO3.C18H37NO2/c1-3-5-7-8-9-10-11-12-13-14-15-16-18-19-23(27)22(21-26)25-24(28)20-17-6-4-2;1-2-3-4-5-6-7-8-9-10-11-12-13-14-15-18(21)17(19)16-20/h18-19,22-23,26-27H,3-17,20-21H2,1-2H3,(H,25,28);14-15,17-18,20-21H,2-13,16,19H2,1H3/b19-18+;15-14+/t22?,23-;17-,18+/m10/s1. The summed E-state index contributed by atoms with van der Waals surface area (Å²) < 4.78 is 0. The summed E-state index contributed by atoms with van der Waals surface area (Å²) in [7, 11) is 0. The monoisotopic (exact) mass is 697 g/mol. The van der Waals surface area contributed by atoms with Gasteiger partial charge in [-0.2, -0.15) is 0 Å². The van der Waals surface area contributed by atoms with Crippen molar-refractivity contribution in [1.82, 2.24) is 5.32 Å². The first-order chi connectivity index (χ1) is 23.9. The summed E-state index contributed by atoms with van der Waals surface area (Å²) in [5.41, 5.74) is 5.51. The number of amides is 1. The van der Waals surface area contributed by atoms with Gasteiger partial charge in [0.2, 0.25) is 5.91 Å². The number of hydrogen-bond donors (Lipinski definition) is 6. The number of carbonyl (C=O) groups excluding carboxylic acids is 1. The maximum Gasteiger partial charge on any atom is 0.220 e. The van der Waals surface area contributed by atoms with Gasteiger partial charge in [0.25, 0.3) is 0 Å². The highest BCUT2D eigenvalue weighted by Gasteiger charge is 2.17. The van der Waals surface area contributed by atoms with Crippen LogP contribution in [0.3, 0.4) is 0 Å². The molecular weight excluding hydrogens is 612 g/mol. The van der Waals surface area contributed by atoms with Gasteiger partial charge in [0.15, 0.2) is 0 Å². The number of unbranched alkanes of at least 4 members (excludes halogenated alkanes) is 24. The van der Waals surface area contributed by atoms with Gasteiger partial charge in [0.05, 0.1) is 37.5 Å². The Morgan fingerprint density at radius 3 is 1.24 bits per heavy atom. The van der Waals surface area contributed by atoms with Crippen LogP contribution in [0.25, 0.3) is 0 Å². The number of hydrogen-bond acceptors (Lipinski definition) is 6. The summed E-state index contributed by atoms with van der Waals surface area (Å²) in [6.07, 6.45) is 40.6. The second-order valence-electron chi connectivity index (χ2n) is 14.1. The Labute approximate surface area is 304 Å². The number of nitrogens with two attached hydrogens (primary N) is 1. The van der Waals surface area contributed by atoms with Crippen LogP contribution < -0.4 is 11.1 Å². The molecule has 7 N–H and O–H groups in total. The van der Waals surface area contributed by atoms with Crippen molar-refractivity contribution in [1.29, 1.82) is 0 Å². The van der Waals surface area contributed by atoms with Gasteiger partial charge in [-0.05, 0) is 32.1 Å². The average molecular weight is 697 g/mol. The normalized spacial score (nSPS) is 14.1. The molecule has 0 fully saturated rings. The van der Waals surface area contributed by atoms with E-state index in [9.17, 15) is 20.1 Å². The highest BCUT2D eigenvalue weighted by molar-refractivity contribution is 5.76. The molecule has 292 valence electrons. The van der Waals surface area contributed by atoms with Crippen molar-refractivity contribution >= 4 is 5.91 Å². The van der Waals surface area contributed by atoms with E-state index in [4.69, 9.17) is 10.8 Å². The van der Waals surface area contributed by atoms with Crippen LogP contribution in [0.15, 0.2) is 24.3 Å². The third-order valence-corrected chi connectivity index (χ3v) is 9.23. The summed E-state index contributed by atoms with van der Waals surface area (Å²) in [4.78, 5) is 11.8. The molecule has 49 heavy (non-hydrogen) atoms. The molecule has 0 rings (SSSR count). The lowest BCUT2D eigenvalue weighted by atomic mass is 10.0. The predicted molar refractivity (Wildman–Crippen MR) is 211 cm³/mol. The molecule has 1 amide bonds. The molecular formula is C42H84N2O5. The molecule has 0 spiro atoms. The Morgan fingerprint density at radius 2 is 0.878 bits per heavy atom. The molecule has 0 saturated heterocycles. The van der Waals surface area contributed by atoms with Crippen LogP contribution in [0.5, 0.6) is 0 Å². The van der Waals surface area contributed by atoms with Gasteiger partial charge in [0, 0.05) is 6.42 Å². The number of carbonyl (C=O) groups is 1. The zero-order chi connectivity index (χ0) is 36.6. The first kappa shape index (κ1) is 49.9. The summed E-state index contributed by atoms with van der Waals surface area (Å²) in [6.45, 7) is 6.19. The van der Waals surface area contributed by atoms with Gasteiger partial charge in [-0.3, -0.25) is 4.79 Å². The third-order valence-electron chi connectivity index (χ3n) is 9.23. The highest BCUT2D eigenvalue weighted by Crippen LogP contribution is 2.13. The summed E-state index contributed by atoms with van der Waals surface area (Å²) in [6, 6.07) is -1.17. The Kier molecular flexibility index (Phi) is 41.9. The number of aliphatic hydroxyl groups is 4. The molecule has 0 aliphatic carbocycles. The van der Waals surface area contributed by atoms with E-state index in [1.165, 1.54) is 135 Å². The van der Waals surface area contributed by atoms with Crippen LogP contribution >= 0.6 is 0 Å². The van der Waals surface area contributed by atoms with Gasteiger partial charge in [-0.15, -0.1) is 0 Å². The van der Waals surface area contributed by atoms with Crippen LogP contribution in [-0.2, 0) is 4.79 Å². The van der Waals surface area contributed by atoms with Gasteiger partial charge < -0.3 is 31.5 Å². The largest absolute Gasteiger partial charge is 0.395 e. The molecule has 0 aromatic heterocycles. The third kappa shape index (κ3) is 37.8. The summed E-state index contributed by atoms with van der Waals surface area (Å²) >= 11 is 0. The molecule has 0 heterocycles. The minimum atomic E-state index is -0.826. The first-order valence-electron chi connectivity index (χ1n) is 20.8. The fourth-order valence-corrected chi connectivity index (χ4v) is 5.76. The van der Waals surface area contributed by atoms with E-state index < -0.39 is 24.3 Å². The Morgan fingerprint density at radius 1 is 0.531 bits per heavy atom. The minimum Gasteiger partial charge on any atom is -0.395 e. The lowest BCUT2D eigenvalue weighted by Gasteiger charge is -2.19. The topological polar surface area (TPSA) is 136 Å². The fraction of sp³-hybridized carbons (Fsp3) is 0.881. The number of rotatable bonds is 35. The van der Waals surface area contributed by atoms with Crippen LogP contribution in [0.4, 0.5) is 0 Å². The molecule has 7 heteroatoms. The molecule has 0 aliphatic rings. The predicted octanol–water partition coefficient (Wildman–Crippen LogP) is 9.59. The Hall–Kier alpha value is -1.25. The molecule has 0 saturated carbocycles. The number of allylic oxidation sites excluding steroid dienone is 2. The van der Waals surface area contributed by atoms with E-state index in [1.807, 2.05) is 12.2 Å². The van der Waals surface area contributed by atoms with Crippen molar-refractivity contribution in [2.75, 3.05) is 13.2 Å². The van der Waals surface area contributed by atoms with Crippen molar-refractivity contribution in [2.45, 2.75) is 225 Å².